The molecular formula is C9H6FNO3. The van der Waals surface area contributed by atoms with Gasteiger partial charge < -0.3 is 10.2 Å². The molecule has 0 fully saturated rings. The minimum atomic E-state index is -1.77. The number of carboxylic acid groups (broad SMARTS) is 1. The molecule has 1 atom stereocenters. The second-order valence-corrected chi connectivity index (χ2v) is 2.59. The molecule has 0 radical (unpaired) electrons. The van der Waals surface area contributed by atoms with E-state index in [0.29, 0.717) is 0 Å². The number of carbonyl (C=O) groups is 1. The van der Waals surface area contributed by atoms with Crippen LogP contribution in [0.1, 0.15) is 17.2 Å². The quantitative estimate of drug-likeness (QED) is 0.731. The van der Waals surface area contributed by atoms with E-state index in [1.807, 2.05) is 0 Å². The molecule has 0 aliphatic heterocycles. The molecule has 1 unspecified atom stereocenters. The number of aliphatic carboxylic acids is 1. The molecule has 4 nitrogen and oxygen atoms in total. The molecule has 14 heavy (non-hydrogen) atoms. The van der Waals surface area contributed by atoms with Crippen LogP contribution in [0.3, 0.4) is 0 Å². The lowest BCUT2D eigenvalue weighted by Crippen LogP contribution is -2.10. The molecule has 0 spiro atoms. The van der Waals surface area contributed by atoms with E-state index in [1.165, 1.54) is 6.07 Å². The fourth-order valence-corrected chi connectivity index (χ4v) is 0.935. The Morgan fingerprint density at radius 2 is 2.21 bits per heavy atom. The molecule has 72 valence electrons. The largest absolute Gasteiger partial charge is 0.479 e. The molecule has 2 N–H and O–H groups in total. The highest BCUT2D eigenvalue weighted by Gasteiger charge is 2.17. The van der Waals surface area contributed by atoms with Gasteiger partial charge in [-0.1, -0.05) is 6.07 Å². The van der Waals surface area contributed by atoms with Crippen LogP contribution in [-0.4, -0.2) is 16.2 Å². The van der Waals surface area contributed by atoms with Crippen molar-refractivity contribution in [2.75, 3.05) is 0 Å². The molecule has 1 rings (SSSR count). The second kappa shape index (κ2) is 3.85. The number of nitriles is 1. The SMILES string of the molecule is N#Cc1ccc(C(O)C(=O)O)cc1F. The predicted molar refractivity (Wildman–Crippen MR) is 43.7 cm³/mol. The van der Waals surface area contributed by atoms with Crippen LogP contribution < -0.4 is 0 Å². The summed E-state index contributed by atoms with van der Waals surface area (Å²) in [7, 11) is 0. The lowest BCUT2D eigenvalue weighted by Gasteiger charge is -2.05. The van der Waals surface area contributed by atoms with E-state index in [2.05, 4.69) is 0 Å². The molecule has 0 saturated heterocycles. The number of aliphatic hydroxyl groups is 1. The third-order valence-electron chi connectivity index (χ3n) is 1.66. The summed E-state index contributed by atoms with van der Waals surface area (Å²) < 4.78 is 12.9. The number of nitrogens with zero attached hydrogens (tertiary/aromatic N) is 1. The fourth-order valence-electron chi connectivity index (χ4n) is 0.935. The number of carboxylic acids is 1. The average Bonchev–Trinajstić information content (AvgIpc) is 2.16. The van der Waals surface area contributed by atoms with Crippen LogP contribution in [-0.2, 0) is 4.79 Å². The third-order valence-corrected chi connectivity index (χ3v) is 1.66. The van der Waals surface area contributed by atoms with Crippen LogP contribution in [0.25, 0.3) is 0 Å². The molecule has 0 heterocycles. The van der Waals surface area contributed by atoms with Crippen molar-refractivity contribution in [2.45, 2.75) is 6.10 Å². The van der Waals surface area contributed by atoms with Gasteiger partial charge in [-0.15, -0.1) is 0 Å². The third kappa shape index (κ3) is 1.87. The molecule has 0 aliphatic carbocycles. The van der Waals surface area contributed by atoms with Gasteiger partial charge in [0.15, 0.2) is 6.10 Å². The Morgan fingerprint density at radius 3 is 2.64 bits per heavy atom. The Balaban J connectivity index is 3.10. The summed E-state index contributed by atoms with van der Waals surface area (Å²) >= 11 is 0. The van der Waals surface area contributed by atoms with E-state index in [4.69, 9.17) is 15.5 Å². The number of hydrogen-bond donors (Lipinski definition) is 2. The lowest BCUT2D eigenvalue weighted by molar-refractivity contribution is -0.146. The van der Waals surface area contributed by atoms with E-state index in [9.17, 15) is 9.18 Å². The Bertz CT molecular complexity index is 411. The number of aliphatic hydroxyl groups excluding tert-OH is 1. The first-order valence-electron chi connectivity index (χ1n) is 3.66. The summed E-state index contributed by atoms with van der Waals surface area (Å²) in [6.07, 6.45) is -1.77. The van der Waals surface area contributed by atoms with Gasteiger partial charge in [0.05, 0.1) is 5.56 Å². The molecular weight excluding hydrogens is 189 g/mol. The van der Waals surface area contributed by atoms with Gasteiger partial charge in [0.25, 0.3) is 0 Å². The predicted octanol–water partition coefficient (Wildman–Crippen LogP) is 0.815. The van der Waals surface area contributed by atoms with Crippen LogP contribution >= 0.6 is 0 Å². The summed E-state index contributed by atoms with van der Waals surface area (Å²) in [6.45, 7) is 0. The smallest absolute Gasteiger partial charge is 0.337 e. The Morgan fingerprint density at radius 1 is 1.57 bits per heavy atom. The van der Waals surface area contributed by atoms with E-state index in [-0.39, 0.29) is 11.1 Å². The van der Waals surface area contributed by atoms with Gasteiger partial charge >= 0.3 is 5.97 Å². The van der Waals surface area contributed by atoms with Gasteiger partial charge in [-0.2, -0.15) is 5.26 Å². The highest BCUT2D eigenvalue weighted by atomic mass is 19.1. The van der Waals surface area contributed by atoms with Crippen molar-refractivity contribution in [1.82, 2.24) is 0 Å². The lowest BCUT2D eigenvalue weighted by atomic mass is 10.1. The second-order valence-electron chi connectivity index (χ2n) is 2.59. The summed E-state index contributed by atoms with van der Waals surface area (Å²) in [4.78, 5) is 10.3. The van der Waals surface area contributed by atoms with E-state index in [0.717, 1.165) is 12.1 Å². The van der Waals surface area contributed by atoms with E-state index >= 15 is 0 Å². The van der Waals surface area contributed by atoms with Gasteiger partial charge in [-0.25, -0.2) is 9.18 Å². The average molecular weight is 195 g/mol. The number of hydrogen-bond acceptors (Lipinski definition) is 3. The van der Waals surface area contributed by atoms with Crippen molar-refractivity contribution in [3.8, 4) is 6.07 Å². The van der Waals surface area contributed by atoms with Gasteiger partial charge in [-0.3, -0.25) is 0 Å². The molecule has 0 saturated carbocycles. The van der Waals surface area contributed by atoms with Crippen molar-refractivity contribution in [2.24, 2.45) is 0 Å². The first-order valence-corrected chi connectivity index (χ1v) is 3.66. The Kier molecular flexibility index (Phi) is 2.79. The van der Waals surface area contributed by atoms with Crippen LogP contribution in [0.5, 0.6) is 0 Å². The molecule has 0 amide bonds. The van der Waals surface area contributed by atoms with Crippen molar-refractivity contribution < 1.29 is 19.4 Å². The summed E-state index contributed by atoms with van der Waals surface area (Å²) in [6, 6.07) is 4.73. The minimum Gasteiger partial charge on any atom is -0.479 e. The number of benzene rings is 1. The van der Waals surface area contributed by atoms with Crippen molar-refractivity contribution in [1.29, 1.82) is 5.26 Å². The summed E-state index contributed by atoms with van der Waals surface area (Å²) in [5.41, 5.74) is -0.277. The standard InChI is InChI=1S/C9H6FNO3/c10-7-3-5(8(12)9(13)14)1-2-6(7)4-11/h1-3,8,12H,(H,13,14). The van der Waals surface area contributed by atoms with Crippen LogP contribution in [0, 0.1) is 17.1 Å². The molecule has 5 heteroatoms. The van der Waals surface area contributed by atoms with E-state index < -0.39 is 17.9 Å². The number of halogens is 1. The van der Waals surface area contributed by atoms with Crippen molar-refractivity contribution in [3.05, 3.63) is 35.1 Å². The minimum absolute atomic E-state index is 0.0889. The molecule has 0 aliphatic rings. The summed E-state index contributed by atoms with van der Waals surface area (Å²) in [5, 5.41) is 25.8. The number of rotatable bonds is 2. The Hall–Kier alpha value is -1.93. The maximum atomic E-state index is 12.9. The van der Waals surface area contributed by atoms with Crippen molar-refractivity contribution in [3.63, 3.8) is 0 Å². The van der Waals surface area contributed by atoms with Gasteiger partial charge in [0, 0.05) is 0 Å². The first kappa shape index (κ1) is 10.2. The van der Waals surface area contributed by atoms with Gasteiger partial charge in [0.2, 0.25) is 0 Å². The highest BCUT2D eigenvalue weighted by Crippen LogP contribution is 2.16. The van der Waals surface area contributed by atoms with Gasteiger partial charge in [-0.05, 0) is 17.7 Å². The normalized spacial score (nSPS) is 11.8. The highest BCUT2D eigenvalue weighted by molar-refractivity contribution is 5.74. The summed E-state index contributed by atoms with van der Waals surface area (Å²) in [5.74, 6) is -2.31. The molecule has 1 aromatic carbocycles. The Labute approximate surface area is 78.8 Å². The monoisotopic (exact) mass is 195 g/mol. The topological polar surface area (TPSA) is 81.3 Å². The molecule has 0 aromatic heterocycles. The zero-order chi connectivity index (χ0) is 10.7. The molecule has 0 bridgehead atoms. The van der Waals surface area contributed by atoms with Crippen LogP contribution in [0.15, 0.2) is 18.2 Å². The van der Waals surface area contributed by atoms with Gasteiger partial charge in [0.1, 0.15) is 11.9 Å². The maximum absolute atomic E-state index is 12.9. The first-order chi connectivity index (χ1) is 6.56. The van der Waals surface area contributed by atoms with Crippen LogP contribution in [0.2, 0.25) is 0 Å². The maximum Gasteiger partial charge on any atom is 0.337 e. The van der Waals surface area contributed by atoms with Crippen LogP contribution in [0.4, 0.5) is 4.39 Å². The molecule has 1 aromatic rings. The zero-order valence-corrected chi connectivity index (χ0v) is 6.94. The zero-order valence-electron chi connectivity index (χ0n) is 6.94. The van der Waals surface area contributed by atoms with E-state index in [1.54, 1.807) is 6.07 Å². The fraction of sp³-hybridized carbons (Fsp3) is 0.111. The van der Waals surface area contributed by atoms with Crippen molar-refractivity contribution >= 4 is 5.97 Å².